The minimum absolute atomic E-state index is 0.114. The van der Waals surface area contributed by atoms with E-state index >= 15 is 0 Å². The van der Waals surface area contributed by atoms with Gasteiger partial charge in [0.1, 0.15) is 6.42 Å². The first-order valence-electron chi connectivity index (χ1n) is 8.31. The number of carbonyl (C=O) groups is 2. The number of anilines is 1. The summed E-state index contributed by atoms with van der Waals surface area (Å²) >= 11 is 0. The van der Waals surface area contributed by atoms with Gasteiger partial charge in [-0.05, 0) is 18.7 Å². The van der Waals surface area contributed by atoms with E-state index < -0.39 is 0 Å². The van der Waals surface area contributed by atoms with Crippen molar-refractivity contribution in [2.45, 2.75) is 13.3 Å². The third kappa shape index (κ3) is 3.71. The van der Waals surface area contributed by atoms with Crippen molar-refractivity contribution in [1.82, 2.24) is 14.8 Å². The summed E-state index contributed by atoms with van der Waals surface area (Å²) in [6.07, 6.45) is 1.56. The molecule has 3 rings (SSSR count). The summed E-state index contributed by atoms with van der Waals surface area (Å²) in [5.74, 6) is -0.410. The number of likely N-dealkylation sites (N-methyl/N-ethyl adjacent to an activating group) is 1. The highest BCUT2D eigenvalue weighted by Crippen LogP contribution is 2.20. The Morgan fingerprint density at radius 1 is 1.12 bits per heavy atom. The average molecular weight is 326 g/mol. The van der Waals surface area contributed by atoms with Gasteiger partial charge in [0, 0.05) is 37.8 Å². The number of nitrogens with zero attached hydrogens (tertiary/aromatic N) is 3. The number of carbonyl (C=O) groups excluding carboxylic acids is 2. The van der Waals surface area contributed by atoms with Crippen molar-refractivity contribution in [1.29, 1.82) is 0 Å². The molecule has 0 atom stereocenters. The second-order valence-corrected chi connectivity index (χ2v) is 5.92. The molecule has 1 aliphatic heterocycles. The van der Waals surface area contributed by atoms with E-state index in [4.69, 9.17) is 0 Å². The number of pyridine rings is 1. The minimum Gasteiger partial charge on any atom is -0.340 e. The van der Waals surface area contributed by atoms with Gasteiger partial charge in [0.2, 0.25) is 11.8 Å². The second kappa shape index (κ2) is 7.40. The lowest BCUT2D eigenvalue weighted by Crippen LogP contribution is -2.49. The first-order valence-corrected chi connectivity index (χ1v) is 8.31. The highest BCUT2D eigenvalue weighted by molar-refractivity contribution is 6.07. The molecule has 1 aromatic carbocycles. The Labute approximate surface area is 141 Å². The molecule has 0 spiro atoms. The maximum atomic E-state index is 12.3. The Balaban J connectivity index is 1.60. The van der Waals surface area contributed by atoms with Crippen LogP contribution >= 0.6 is 0 Å². The highest BCUT2D eigenvalue weighted by atomic mass is 16.2. The fourth-order valence-electron chi connectivity index (χ4n) is 2.96. The molecule has 2 amide bonds. The Bertz CT molecular complexity index is 733. The molecule has 0 radical (unpaired) electrons. The molecule has 1 aliphatic rings. The van der Waals surface area contributed by atoms with Crippen molar-refractivity contribution in [2.24, 2.45) is 0 Å². The summed E-state index contributed by atoms with van der Waals surface area (Å²) in [5.41, 5.74) is 1.37. The van der Waals surface area contributed by atoms with Crippen LogP contribution in [0.1, 0.15) is 13.3 Å². The van der Waals surface area contributed by atoms with Crippen molar-refractivity contribution in [3.63, 3.8) is 0 Å². The lowest BCUT2D eigenvalue weighted by atomic mass is 10.2. The quantitative estimate of drug-likeness (QED) is 0.869. The Morgan fingerprint density at radius 3 is 2.62 bits per heavy atom. The van der Waals surface area contributed by atoms with Crippen LogP contribution in [0.2, 0.25) is 0 Å². The number of rotatable bonds is 4. The van der Waals surface area contributed by atoms with E-state index in [1.54, 1.807) is 17.2 Å². The first-order chi connectivity index (χ1) is 11.7. The monoisotopic (exact) mass is 326 g/mol. The van der Waals surface area contributed by atoms with Gasteiger partial charge in [-0.1, -0.05) is 25.1 Å². The molecule has 2 aromatic rings. The molecule has 24 heavy (non-hydrogen) atoms. The van der Waals surface area contributed by atoms with E-state index in [0.29, 0.717) is 18.8 Å². The molecular formula is C18H22N4O2. The van der Waals surface area contributed by atoms with Crippen LogP contribution in [-0.2, 0) is 9.59 Å². The highest BCUT2D eigenvalue weighted by Gasteiger charge is 2.22. The molecule has 2 heterocycles. The van der Waals surface area contributed by atoms with Crippen LogP contribution in [0.5, 0.6) is 0 Å². The number of fused-ring (bicyclic) bond motifs is 1. The number of piperazine rings is 1. The summed E-state index contributed by atoms with van der Waals surface area (Å²) in [6.45, 7) is 6.24. The topological polar surface area (TPSA) is 65.5 Å². The summed E-state index contributed by atoms with van der Waals surface area (Å²) in [4.78, 5) is 32.9. The number of hydrogen-bond acceptors (Lipinski definition) is 4. The lowest BCUT2D eigenvalue weighted by Gasteiger charge is -2.34. The Hall–Kier alpha value is -2.47. The van der Waals surface area contributed by atoms with Crippen LogP contribution in [0.4, 0.5) is 5.69 Å². The van der Waals surface area contributed by atoms with Gasteiger partial charge in [0.25, 0.3) is 0 Å². The molecule has 0 saturated carbocycles. The molecule has 6 nitrogen and oxygen atoms in total. The standard InChI is InChI=1S/C18H22N4O2/c1-2-21-9-11-22(12-10-21)17(24)13-16(23)20-15-7-3-5-14-6-4-8-19-18(14)15/h3-8H,2,9-13H2,1H3,(H,20,23). The van der Waals surface area contributed by atoms with Gasteiger partial charge in [-0.2, -0.15) is 0 Å². The molecule has 0 aliphatic carbocycles. The van der Waals surface area contributed by atoms with Gasteiger partial charge in [-0.15, -0.1) is 0 Å². The normalized spacial score (nSPS) is 15.5. The van der Waals surface area contributed by atoms with Crippen LogP contribution in [0, 0.1) is 0 Å². The maximum absolute atomic E-state index is 12.3. The molecule has 126 valence electrons. The minimum atomic E-state index is -0.295. The van der Waals surface area contributed by atoms with Crippen molar-refractivity contribution in [3.8, 4) is 0 Å². The zero-order valence-corrected chi connectivity index (χ0v) is 13.9. The predicted molar refractivity (Wildman–Crippen MR) is 93.7 cm³/mol. The summed E-state index contributed by atoms with van der Waals surface area (Å²) in [6, 6.07) is 9.41. The number of aromatic nitrogens is 1. The summed E-state index contributed by atoms with van der Waals surface area (Å²) < 4.78 is 0. The molecule has 1 N–H and O–H groups in total. The second-order valence-electron chi connectivity index (χ2n) is 5.92. The Kier molecular flexibility index (Phi) is 5.05. The zero-order chi connectivity index (χ0) is 16.9. The van der Waals surface area contributed by atoms with Crippen LogP contribution in [0.25, 0.3) is 10.9 Å². The molecule has 0 bridgehead atoms. The number of hydrogen-bond donors (Lipinski definition) is 1. The zero-order valence-electron chi connectivity index (χ0n) is 13.9. The largest absolute Gasteiger partial charge is 0.340 e. The summed E-state index contributed by atoms with van der Waals surface area (Å²) in [7, 11) is 0. The number of para-hydroxylation sites is 1. The molecule has 1 fully saturated rings. The number of amides is 2. The predicted octanol–water partition coefficient (Wildman–Crippen LogP) is 1.73. The van der Waals surface area contributed by atoms with E-state index in [1.165, 1.54) is 0 Å². The van der Waals surface area contributed by atoms with Gasteiger partial charge < -0.3 is 15.1 Å². The fourth-order valence-corrected chi connectivity index (χ4v) is 2.96. The van der Waals surface area contributed by atoms with Crippen molar-refractivity contribution in [2.75, 3.05) is 38.0 Å². The van der Waals surface area contributed by atoms with Crippen molar-refractivity contribution >= 4 is 28.4 Å². The van der Waals surface area contributed by atoms with Crippen molar-refractivity contribution in [3.05, 3.63) is 36.5 Å². The number of benzene rings is 1. The molecular weight excluding hydrogens is 304 g/mol. The van der Waals surface area contributed by atoms with E-state index in [0.717, 1.165) is 30.5 Å². The van der Waals surface area contributed by atoms with E-state index in [2.05, 4.69) is 22.1 Å². The third-order valence-electron chi connectivity index (χ3n) is 4.39. The van der Waals surface area contributed by atoms with E-state index in [-0.39, 0.29) is 18.2 Å². The van der Waals surface area contributed by atoms with Gasteiger partial charge in [0.15, 0.2) is 0 Å². The summed E-state index contributed by atoms with van der Waals surface area (Å²) in [5, 5.41) is 3.77. The van der Waals surface area contributed by atoms with E-state index in [1.807, 2.05) is 24.3 Å². The van der Waals surface area contributed by atoms with Gasteiger partial charge in [0.05, 0.1) is 11.2 Å². The first kappa shape index (κ1) is 16.4. The van der Waals surface area contributed by atoms with Gasteiger partial charge >= 0.3 is 0 Å². The van der Waals surface area contributed by atoms with Crippen molar-refractivity contribution < 1.29 is 9.59 Å². The average Bonchev–Trinajstić information content (AvgIpc) is 2.62. The number of nitrogens with one attached hydrogen (secondary N) is 1. The van der Waals surface area contributed by atoms with Crippen LogP contribution in [-0.4, -0.2) is 59.3 Å². The molecule has 1 aromatic heterocycles. The van der Waals surface area contributed by atoms with Gasteiger partial charge in [-0.25, -0.2) is 0 Å². The van der Waals surface area contributed by atoms with Gasteiger partial charge in [-0.3, -0.25) is 14.6 Å². The molecule has 0 unspecified atom stereocenters. The molecule has 1 saturated heterocycles. The SMILES string of the molecule is CCN1CCN(C(=O)CC(=O)Nc2cccc3cccnc23)CC1. The van der Waals surface area contributed by atoms with Crippen LogP contribution in [0.15, 0.2) is 36.5 Å². The molecule has 6 heteroatoms. The van der Waals surface area contributed by atoms with Crippen LogP contribution in [0.3, 0.4) is 0 Å². The smallest absolute Gasteiger partial charge is 0.233 e. The maximum Gasteiger partial charge on any atom is 0.233 e. The van der Waals surface area contributed by atoms with Crippen LogP contribution < -0.4 is 5.32 Å². The Morgan fingerprint density at radius 2 is 1.88 bits per heavy atom. The van der Waals surface area contributed by atoms with E-state index in [9.17, 15) is 9.59 Å². The fraction of sp³-hybridized carbons (Fsp3) is 0.389. The third-order valence-corrected chi connectivity index (χ3v) is 4.39. The lowest BCUT2D eigenvalue weighted by molar-refractivity contribution is -0.136.